The first-order chi connectivity index (χ1) is 14.4. The van der Waals surface area contributed by atoms with Crippen molar-refractivity contribution in [1.29, 1.82) is 0 Å². The van der Waals surface area contributed by atoms with Crippen LogP contribution < -0.4 is 20.1 Å². The zero-order chi connectivity index (χ0) is 21.6. The second-order valence-electron chi connectivity index (χ2n) is 6.88. The number of nitrogens with one attached hydrogen (secondary N) is 2. The van der Waals surface area contributed by atoms with Crippen LogP contribution in [0.1, 0.15) is 24.4 Å². The van der Waals surface area contributed by atoms with Gasteiger partial charge in [-0.25, -0.2) is 4.79 Å². The maximum atomic E-state index is 12.6. The Morgan fingerprint density at radius 3 is 2.37 bits per heavy atom. The zero-order valence-electron chi connectivity index (χ0n) is 16.5. The van der Waals surface area contributed by atoms with Crippen molar-refractivity contribution in [2.24, 2.45) is 0 Å². The minimum atomic E-state index is -4.85. The number of rotatable bonds is 7. The molecular weight excluding hydrogens is 399 g/mol. The van der Waals surface area contributed by atoms with E-state index in [1.165, 1.54) is 18.2 Å². The maximum absolute atomic E-state index is 12.6. The molecule has 1 aliphatic heterocycles. The Morgan fingerprint density at radius 1 is 1.07 bits per heavy atom. The van der Waals surface area contributed by atoms with Crippen LogP contribution in [0, 0.1) is 0 Å². The van der Waals surface area contributed by atoms with Gasteiger partial charge in [0.25, 0.3) is 0 Å². The molecule has 0 spiro atoms. The van der Waals surface area contributed by atoms with Crippen LogP contribution in [0.4, 0.5) is 23.7 Å². The molecule has 30 heavy (non-hydrogen) atoms. The van der Waals surface area contributed by atoms with E-state index >= 15 is 0 Å². The molecule has 0 aromatic heterocycles. The predicted molar refractivity (Wildman–Crippen MR) is 107 cm³/mol. The lowest BCUT2D eigenvalue weighted by molar-refractivity contribution is -0.274. The van der Waals surface area contributed by atoms with E-state index < -0.39 is 18.1 Å². The summed E-state index contributed by atoms with van der Waals surface area (Å²) in [6, 6.07) is 12.3. The van der Waals surface area contributed by atoms with Crippen molar-refractivity contribution in [2.75, 3.05) is 32.1 Å². The number of benzene rings is 2. The maximum Gasteiger partial charge on any atom is 0.573 e. The fourth-order valence-corrected chi connectivity index (χ4v) is 3.57. The van der Waals surface area contributed by atoms with Gasteiger partial charge in [-0.2, -0.15) is 0 Å². The Kier molecular flexibility index (Phi) is 7.04. The first kappa shape index (κ1) is 21.8. The molecule has 1 unspecified atom stereocenters. The molecule has 1 heterocycles. The Labute approximate surface area is 173 Å². The zero-order valence-corrected chi connectivity index (χ0v) is 16.5. The van der Waals surface area contributed by atoms with Crippen LogP contribution in [0.2, 0.25) is 0 Å². The number of carbonyl (C=O) groups is 1. The summed E-state index contributed by atoms with van der Waals surface area (Å²) in [6.07, 6.45) is -2.71. The number of para-hydroxylation sites is 3. The van der Waals surface area contributed by atoms with Gasteiger partial charge in [-0.05, 0) is 44.1 Å². The summed E-state index contributed by atoms with van der Waals surface area (Å²) in [4.78, 5) is 14.7. The molecule has 2 amide bonds. The number of ether oxygens (including phenoxy) is 2. The fraction of sp³-hybridized carbons (Fsp3) is 0.381. The monoisotopic (exact) mass is 423 g/mol. The van der Waals surface area contributed by atoms with Gasteiger partial charge in [0.05, 0.1) is 18.8 Å². The van der Waals surface area contributed by atoms with Gasteiger partial charge in [-0.1, -0.05) is 30.3 Å². The third-order valence-corrected chi connectivity index (χ3v) is 4.90. The van der Waals surface area contributed by atoms with Crippen LogP contribution in [0.15, 0.2) is 48.5 Å². The van der Waals surface area contributed by atoms with Crippen LogP contribution in [0.25, 0.3) is 0 Å². The molecule has 0 aliphatic carbocycles. The van der Waals surface area contributed by atoms with Crippen LogP contribution in [-0.2, 0) is 0 Å². The van der Waals surface area contributed by atoms with E-state index in [1.807, 2.05) is 24.3 Å². The summed E-state index contributed by atoms with van der Waals surface area (Å²) in [6.45, 7) is 2.07. The van der Waals surface area contributed by atoms with E-state index in [1.54, 1.807) is 7.11 Å². The molecular formula is C21H24F3N3O3. The van der Waals surface area contributed by atoms with Crippen LogP contribution in [0.3, 0.4) is 0 Å². The molecule has 1 fully saturated rings. The van der Waals surface area contributed by atoms with Crippen LogP contribution in [0.5, 0.6) is 11.5 Å². The number of urea groups is 1. The SMILES string of the molecule is COc1ccccc1C(CNC(=O)Nc1ccccc1OC(F)(F)F)N1CCCC1. The number of halogens is 3. The lowest BCUT2D eigenvalue weighted by Crippen LogP contribution is -2.38. The highest BCUT2D eigenvalue weighted by molar-refractivity contribution is 5.90. The molecule has 1 atom stereocenters. The predicted octanol–water partition coefficient (Wildman–Crippen LogP) is 4.55. The Bertz CT molecular complexity index is 855. The Balaban J connectivity index is 1.70. The number of methoxy groups -OCH3 is 1. The molecule has 0 radical (unpaired) electrons. The van der Waals surface area contributed by atoms with Crippen molar-refractivity contribution < 1.29 is 27.4 Å². The first-order valence-corrected chi connectivity index (χ1v) is 9.64. The average molecular weight is 423 g/mol. The second-order valence-corrected chi connectivity index (χ2v) is 6.88. The minimum absolute atomic E-state index is 0.0673. The van der Waals surface area contributed by atoms with E-state index in [0.29, 0.717) is 0 Å². The van der Waals surface area contributed by atoms with Gasteiger partial charge in [-0.15, -0.1) is 13.2 Å². The molecule has 2 aromatic carbocycles. The largest absolute Gasteiger partial charge is 0.573 e. The van der Waals surface area contributed by atoms with Crippen molar-refractivity contribution >= 4 is 11.7 Å². The number of nitrogens with zero attached hydrogens (tertiary/aromatic N) is 1. The van der Waals surface area contributed by atoms with Gasteiger partial charge in [-0.3, -0.25) is 4.90 Å². The fourth-order valence-electron chi connectivity index (χ4n) is 3.57. The quantitative estimate of drug-likeness (QED) is 0.686. The lowest BCUT2D eigenvalue weighted by Gasteiger charge is -2.29. The highest BCUT2D eigenvalue weighted by Gasteiger charge is 2.32. The van der Waals surface area contributed by atoms with Gasteiger partial charge in [0.1, 0.15) is 5.75 Å². The minimum Gasteiger partial charge on any atom is -0.496 e. The molecule has 9 heteroatoms. The summed E-state index contributed by atoms with van der Waals surface area (Å²) < 4.78 is 47.2. The molecule has 162 valence electrons. The van der Waals surface area contributed by atoms with Crippen molar-refractivity contribution in [3.63, 3.8) is 0 Å². The van der Waals surface area contributed by atoms with E-state index in [9.17, 15) is 18.0 Å². The summed E-state index contributed by atoms with van der Waals surface area (Å²) in [5, 5.41) is 5.20. The van der Waals surface area contributed by atoms with Crippen LogP contribution >= 0.6 is 0 Å². The van der Waals surface area contributed by atoms with Gasteiger partial charge >= 0.3 is 12.4 Å². The average Bonchev–Trinajstić information content (AvgIpc) is 3.23. The summed E-state index contributed by atoms with van der Waals surface area (Å²) >= 11 is 0. The van der Waals surface area contributed by atoms with Crippen molar-refractivity contribution in [2.45, 2.75) is 25.2 Å². The molecule has 3 rings (SSSR count). The second kappa shape index (κ2) is 9.71. The van der Waals surface area contributed by atoms with Gasteiger partial charge in [0.2, 0.25) is 0 Å². The Hall–Kier alpha value is -2.94. The molecule has 1 saturated heterocycles. The van der Waals surface area contributed by atoms with Gasteiger partial charge in [0.15, 0.2) is 5.75 Å². The highest BCUT2D eigenvalue weighted by atomic mass is 19.4. The molecule has 0 bridgehead atoms. The number of anilines is 1. The number of hydrogen-bond donors (Lipinski definition) is 2. The Morgan fingerprint density at radius 2 is 1.70 bits per heavy atom. The molecule has 2 N–H and O–H groups in total. The third-order valence-electron chi connectivity index (χ3n) is 4.90. The van der Waals surface area contributed by atoms with E-state index in [0.717, 1.165) is 43.3 Å². The summed E-state index contributed by atoms with van der Waals surface area (Å²) in [5.74, 6) is 0.251. The summed E-state index contributed by atoms with van der Waals surface area (Å²) in [5.41, 5.74) is 0.880. The number of carbonyl (C=O) groups excluding carboxylic acids is 1. The topological polar surface area (TPSA) is 62.8 Å². The van der Waals surface area contributed by atoms with Crippen molar-refractivity contribution in [3.8, 4) is 11.5 Å². The normalized spacial score (nSPS) is 15.5. The number of likely N-dealkylation sites (tertiary alicyclic amines) is 1. The smallest absolute Gasteiger partial charge is 0.496 e. The van der Waals surface area contributed by atoms with E-state index in [4.69, 9.17) is 4.74 Å². The van der Waals surface area contributed by atoms with Gasteiger partial charge in [0, 0.05) is 12.1 Å². The number of hydrogen-bond acceptors (Lipinski definition) is 4. The van der Waals surface area contributed by atoms with Crippen molar-refractivity contribution in [3.05, 3.63) is 54.1 Å². The van der Waals surface area contributed by atoms with E-state index in [-0.39, 0.29) is 18.3 Å². The molecule has 0 saturated carbocycles. The molecule has 1 aliphatic rings. The molecule has 2 aromatic rings. The van der Waals surface area contributed by atoms with Crippen molar-refractivity contribution in [1.82, 2.24) is 10.2 Å². The lowest BCUT2D eigenvalue weighted by atomic mass is 10.0. The first-order valence-electron chi connectivity index (χ1n) is 9.64. The number of alkyl halides is 3. The summed E-state index contributed by atoms with van der Waals surface area (Å²) in [7, 11) is 1.59. The highest BCUT2D eigenvalue weighted by Crippen LogP contribution is 2.32. The third kappa shape index (κ3) is 5.79. The standard InChI is InChI=1S/C21H24F3N3O3/c1-29-18-10-4-2-8-15(18)17(27-12-6-7-13-27)14-25-20(28)26-16-9-3-5-11-19(16)30-21(22,23)24/h2-5,8-11,17H,6-7,12-14H2,1H3,(H2,25,26,28). The van der Waals surface area contributed by atoms with E-state index in [2.05, 4.69) is 20.3 Å². The van der Waals surface area contributed by atoms with Crippen LogP contribution in [-0.4, -0.2) is 44.0 Å². The molecule has 6 nitrogen and oxygen atoms in total. The van der Waals surface area contributed by atoms with Gasteiger partial charge < -0.3 is 20.1 Å². The number of amides is 2.